The van der Waals surface area contributed by atoms with Crippen LogP contribution in [0.5, 0.6) is 5.75 Å². The van der Waals surface area contributed by atoms with Crippen LogP contribution in [0.1, 0.15) is 35.6 Å². The fourth-order valence-electron chi connectivity index (χ4n) is 2.32. The number of carbonyl (C=O) groups is 1. The zero-order valence-electron chi connectivity index (χ0n) is 12.2. The molecule has 0 aliphatic carbocycles. The maximum atomic E-state index is 11.2. The third-order valence-corrected chi connectivity index (χ3v) is 3.13. The van der Waals surface area contributed by atoms with Gasteiger partial charge in [0, 0.05) is 17.1 Å². The number of carboxylic acid groups (broad SMARTS) is 1. The summed E-state index contributed by atoms with van der Waals surface area (Å²) < 4.78 is 7.54. The van der Waals surface area contributed by atoms with E-state index in [0.29, 0.717) is 5.56 Å². The monoisotopic (exact) mass is 273 g/mol. The van der Waals surface area contributed by atoms with Gasteiger partial charge in [0.15, 0.2) is 0 Å². The van der Waals surface area contributed by atoms with Gasteiger partial charge in [-0.15, -0.1) is 0 Å². The highest BCUT2D eigenvalue weighted by atomic mass is 16.5. The highest BCUT2D eigenvalue weighted by Gasteiger charge is 2.15. The molecule has 0 spiro atoms. The number of carboxylic acids is 1. The molecule has 2 aromatic rings. The van der Waals surface area contributed by atoms with Crippen molar-refractivity contribution in [2.75, 3.05) is 0 Å². The molecule has 1 aromatic carbocycles. The predicted molar refractivity (Wildman–Crippen MR) is 78.0 cm³/mol. The number of hydrogen-bond acceptors (Lipinski definition) is 2. The molecule has 2 rings (SSSR count). The van der Waals surface area contributed by atoms with Crippen molar-refractivity contribution in [2.24, 2.45) is 0 Å². The van der Waals surface area contributed by atoms with Crippen molar-refractivity contribution >= 4 is 5.97 Å². The number of nitrogens with zero attached hydrogens (tertiary/aromatic N) is 1. The van der Waals surface area contributed by atoms with Gasteiger partial charge >= 0.3 is 5.97 Å². The third-order valence-electron chi connectivity index (χ3n) is 3.13. The molecule has 4 nitrogen and oxygen atoms in total. The Kier molecular flexibility index (Phi) is 3.84. The van der Waals surface area contributed by atoms with Crippen molar-refractivity contribution in [3.8, 4) is 11.4 Å². The van der Waals surface area contributed by atoms with E-state index < -0.39 is 5.97 Å². The Labute approximate surface area is 118 Å². The minimum atomic E-state index is -0.899. The van der Waals surface area contributed by atoms with Crippen LogP contribution in [0.25, 0.3) is 5.69 Å². The maximum Gasteiger partial charge on any atom is 0.337 e. The summed E-state index contributed by atoms with van der Waals surface area (Å²) in [6.45, 7) is 7.67. The summed E-state index contributed by atoms with van der Waals surface area (Å²) in [5, 5.41) is 9.16. The normalized spacial score (nSPS) is 10.8. The minimum absolute atomic E-state index is 0.134. The first-order chi connectivity index (χ1) is 9.40. The molecule has 0 amide bonds. The van der Waals surface area contributed by atoms with E-state index in [4.69, 9.17) is 9.84 Å². The summed E-state index contributed by atoms with van der Waals surface area (Å²) in [4.78, 5) is 11.2. The first kappa shape index (κ1) is 14.2. The van der Waals surface area contributed by atoms with E-state index in [1.807, 2.05) is 56.5 Å². The molecular formula is C16H19NO3. The largest absolute Gasteiger partial charge is 0.491 e. The van der Waals surface area contributed by atoms with Crippen LogP contribution in [-0.2, 0) is 0 Å². The Bertz CT molecular complexity index is 624. The van der Waals surface area contributed by atoms with Gasteiger partial charge < -0.3 is 14.4 Å². The standard InChI is InChI=1S/C16H19NO3/c1-10(2)20-14-7-5-13(6-8-14)17-11(3)9-15(12(17)4)16(18)19/h5-10H,1-4H3,(H,18,19). The van der Waals surface area contributed by atoms with Crippen molar-refractivity contribution in [3.05, 3.63) is 47.3 Å². The van der Waals surface area contributed by atoms with Gasteiger partial charge in [0.2, 0.25) is 0 Å². The molecule has 1 N–H and O–H groups in total. The average Bonchev–Trinajstić information content (AvgIpc) is 2.66. The molecule has 1 aromatic heterocycles. The number of hydrogen-bond donors (Lipinski definition) is 1. The smallest absolute Gasteiger partial charge is 0.337 e. The molecule has 0 bridgehead atoms. The van der Waals surface area contributed by atoms with Crippen LogP contribution >= 0.6 is 0 Å². The van der Waals surface area contributed by atoms with E-state index in [0.717, 1.165) is 22.8 Å². The summed E-state index contributed by atoms with van der Waals surface area (Å²) in [6, 6.07) is 9.35. The first-order valence-corrected chi connectivity index (χ1v) is 6.59. The van der Waals surface area contributed by atoms with Crippen molar-refractivity contribution in [1.82, 2.24) is 4.57 Å². The van der Waals surface area contributed by atoms with Gasteiger partial charge in [-0.1, -0.05) is 0 Å². The van der Waals surface area contributed by atoms with E-state index in [2.05, 4.69) is 0 Å². The van der Waals surface area contributed by atoms with Crippen molar-refractivity contribution < 1.29 is 14.6 Å². The van der Waals surface area contributed by atoms with Gasteiger partial charge in [0.25, 0.3) is 0 Å². The zero-order valence-corrected chi connectivity index (χ0v) is 12.2. The molecule has 0 saturated carbocycles. The molecule has 0 aliphatic rings. The molecule has 0 aliphatic heterocycles. The van der Waals surface area contributed by atoms with E-state index in [1.165, 1.54) is 0 Å². The van der Waals surface area contributed by atoms with Crippen molar-refractivity contribution in [3.63, 3.8) is 0 Å². The third kappa shape index (κ3) is 2.69. The molecule has 0 unspecified atom stereocenters. The Hall–Kier alpha value is -2.23. The highest BCUT2D eigenvalue weighted by Crippen LogP contribution is 2.23. The molecule has 4 heteroatoms. The molecule has 106 valence electrons. The van der Waals surface area contributed by atoms with Crippen LogP contribution in [0, 0.1) is 13.8 Å². The lowest BCUT2D eigenvalue weighted by molar-refractivity contribution is 0.0696. The minimum Gasteiger partial charge on any atom is -0.491 e. The molecule has 0 radical (unpaired) electrons. The summed E-state index contributed by atoms with van der Waals surface area (Å²) in [5.41, 5.74) is 2.90. The molecule has 20 heavy (non-hydrogen) atoms. The second-order valence-electron chi connectivity index (χ2n) is 5.09. The van der Waals surface area contributed by atoms with Gasteiger partial charge in [0.05, 0.1) is 11.7 Å². The van der Waals surface area contributed by atoms with Gasteiger partial charge in [-0.2, -0.15) is 0 Å². The number of aromatic carboxylic acids is 1. The van der Waals surface area contributed by atoms with Gasteiger partial charge in [-0.05, 0) is 58.0 Å². The maximum absolute atomic E-state index is 11.2. The number of ether oxygens (including phenoxy) is 1. The molecule has 0 fully saturated rings. The van der Waals surface area contributed by atoms with Crippen LogP contribution in [0.3, 0.4) is 0 Å². The Morgan fingerprint density at radius 1 is 1.20 bits per heavy atom. The number of rotatable bonds is 4. The Morgan fingerprint density at radius 3 is 2.25 bits per heavy atom. The summed E-state index contributed by atoms with van der Waals surface area (Å²) in [6.07, 6.45) is 0.134. The molecule has 1 heterocycles. The molecular weight excluding hydrogens is 254 g/mol. The van der Waals surface area contributed by atoms with E-state index in [9.17, 15) is 4.79 Å². The van der Waals surface area contributed by atoms with Gasteiger partial charge in [-0.3, -0.25) is 0 Å². The topological polar surface area (TPSA) is 51.5 Å². The summed E-state index contributed by atoms with van der Waals surface area (Å²) in [5.74, 6) is -0.0891. The van der Waals surface area contributed by atoms with E-state index >= 15 is 0 Å². The van der Waals surface area contributed by atoms with Crippen LogP contribution < -0.4 is 4.74 Å². The fraction of sp³-hybridized carbons (Fsp3) is 0.312. The van der Waals surface area contributed by atoms with Gasteiger partial charge in [0.1, 0.15) is 5.75 Å². The zero-order chi connectivity index (χ0) is 14.9. The lowest BCUT2D eigenvalue weighted by Gasteiger charge is -2.12. The van der Waals surface area contributed by atoms with Crippen LogP contribution in [-0.4, -0.2) is 21.7 Å². The molecule has 0 atom stereocenters. The Morgan fingerprint density at radius 2 is 1.80 bits per heavy atom. The fourth-order valence-corrected chi connectivity index (χ4v) is 2.32. The SMILES string of the molecule is Cc1cc(C(=O)O)c(C)n1-c1ccc(OC(C)C)cc1. The Balaban J connectivity index is 2.39. The number of aromatic nitrogens is 1. The molecule has 0 saturated heterocycles. The van der Waals surface area contributed by atoms with Crippen LogP contribution in [0.2, 0.25) is 0 Å². The van der Waals surface area contributed by atoms with Gasteiger partial charge in [-0.25, -0.2) is 4.79 Å². The van der Waals surface area contributed by atoms with E-state index in [1.54, 1.807) is 6.07 Å². The average molecular weight is 273 g/mol. The number of benzene rings is 1. The summed E-state index contributed by atoms with van der Waals surface area (Å²) in [7, 11) is 0. The van der Waals surface area contributed by atoms with Crippen LogP contribution in [0.15, 0.2) is 30.3 Å². The lowest BCUT2D eigenvalue weighted by atomic mass is 10.2. The second kappa shape index (κ2) is 5.41. The summed E-state index contributed by atoms with van der Waals surface area (Å²) >= 11 is 0. The van der Waals surface area contributed by atoms with Crippen LogP contribution in [0.4, 0.5) is 0 Å². The predicted octanol–water partition coefficient (Wildman–Crippen LogP) is 3.58. The van der Waals surface area contributed by atoms with Crippen molar-refractivity contribution in [1.29, 1.82) is 0 Å². The lowest BCUT2D eigenvalue weighted by Crippen LogP contribution is -2.06. The second-order valence-corrected chi connectivity index (χ2v) is 5.09. The van der Waals surface area contributed by atoms with Crippen molar-refractivity contribution in [2.45, 2.75) is 33.8 Å². The first-order valence-electron chi connectivity index (χ1n) is 6.59. The number of aryl methyl sites for hydroxylation is 1. The van der Waals surface area contributed by atoms with E-state index in [-0.39, 0.29) is 6.10 Å². The quantitative estimate of drug-likeness (QED) is 0.926. The highest BCUT2D eigenvalue weighted by molar-refractivity contribution is 5.89.